The Kier molecular flexibility index (Phi) is 6.28. The van der Waals surface area contributed by atoms with Crippen LogP contribution >= 0.6 is 0 Å². The monoisotopic (exact) mass is 234 g/mol. The molecule has 0 amide bonds. The number of benzene rings is 1. The van der Waals surface area contributed by atoms with Crippen molar-refractivity contribution >= 4 is 0 Å². The molecule has 1 N–H and O–H groups in total. The first-order chi connectivity index (χ1) is 8.14. The first-order valence-corrected chi connectivity index (χ1v) is 6.90. The zero-order valence-electron chi connectivity index (χ0n) is 11.3. The summed E-state index contributed by atoms with van der Waals surface area (Å²) < 4.78 is 0. The molecule has 0 heterocycles. The van der Waals surface area contributed by atoms with Crippen molar-refractivity contribution in [3.05, 3.63) is 35.9 Å². The van der Waals surface area contributed by atoms with E-state index < -0.39 is 5.60 Å². The Hall–Kier alpha value is -0.820. The van der Waals surface area contributed by atoms with E-state index in [1.807, 2.05) is 13.0 Å². The maximum absolute atomic E-state index is 10.3. The number of aliphatic hydroxyl groups is 1. The van der Waals surface area contributed by atoms with Crippen molar-refractivity contribution in [3.63, 3.8) is 0 Å². The molecule has 0 fully saturated rings. The minimum Gasteiger partial charge on any atom is -0.390 e. The van der Waals surface area contributed by atoms with Crippen LogP contribution in [0.3, 0.4) is 0 Å². The van der Waals surface area contributed by atoms with Crippen molar-refractivity contribution in [2.45, 2.75) is 64.4 Å². The maximum atomic E-state index is 10.3. The number of aryl methyl sites for hydroxylation is 1. The van der Waals surface area contributed by atoms with E-state index in [2.05, 4.69) is 31.2 Å². The predicted octanol–water partition coefficient (Wildman–Crippen LogP) is 4.34. The smallest absolute Gasteiger partial charge is 0.0623 e. The summed E-state index contributed by atoms with van der Waals surface area (Å²) >= 11 is 0. The third kappa shape index (κ3) is 6.48. The van der Waals surface area contributed by atoms with Crippen LogP contribution in [0.5, 0.6) is 0 Å². The Balaban J connectivity index is 2.24. The summed E-state index contributed by atoms with van der Waals surface area (Å²) in [5, 5.41) is 10.3. The van der Waals surface area contributed by atoms with Gasteiger partial charge in [0.15, 0.2) is 0 Å². The van der Waals surface area contributed by atoms with Crippen LogP contribution < -0.4 is 0 Å². The van der Waals surface area contributed by atoms with Gasteiger partial charge in [0.1, 0.15) is 0 Å². The van der Waals surface area contributed by atoms with E-state index in [0.717, 1.165) is 25.7 Å². The molecule has 1 nitrogen and oxygen atoms in total. The van der Waals surface area contributed by atoms with Gasteiger partial charge in [0, 0.05) is 0 Å². The topological polar surface area (TPSA) is 20.2 Å². The summed E-state index contributed by atoms with van der Waals surface area (Å²) in [4.78, 5) is 0. The molecular weight excluding hydrogens is 208 g/mol. The number of hydrogen-bond donors (Lipinski definition) is 1. The van der Waals surface area contributed by atoms with E-state index in [1.165, 1.54) is 24.8 Å². The van der Waals surface area contributed by atoms with Gasteiger partial charge in [-0.25, -0.2) is 0 Å². The molecule has 0 radical (unpaired) electrons. The second-order valence-electron chi connectivity index (χ2n) is 5.29. The zero-order valence-corrected chi connectivity index (χ0v) is 11.3. The molecular formula is C16H26O. The Bertz CT molecular complexity index is 290. The van der Waals surface area contributed by atoms with E-state index in [0.29, 0.717) is 0 Å². The van der Waals surface area contributed by atoms with Crippen molar-refractivity contribution in [3.8, 4) is 0 Å². The van der Waals surface area contributed by atoms with Crippen LogP contribution in [0.25, 0.3) is 0 Å². The highest BCUT2D eigenvalue weighted by Gasteiger charge is 2.19. The quantitative estimate of drug-likeness (QED) is 0.663. The zero-order chi connectivity index (χ0) is 12.6. The molecule has 1 heteroatoms. The normalized spacial score (nSPS) is 14.5. The molecule has 0 aliphatic carbocycles. The molecule has 0 saturated heterocycles. The summed E-state index contributed by atoms with van der Waals surface area (Å²) in [7, 11) is 0. The lowest BCUT2D eigenvalue weighted by Crippen LogP contribution is -2.24. The highest BCUT2D eigenvalue weighted by Crippen LogP contribution is 2.21. The van der Waals surface area contributed by atoms with Gasteiger partial charge in [-0.1, -0.05) is 62.9 Å². The largest absolute Gasteiger partial charge is 0.390 e. The van der Waals surface area contributed by atoms with E-state index in [9.17, 15) is 5.11 Å². The average Bonchev–Trinajstić information content (AvgIpc) is 2.34. The number of rotatable bonds is 8. The summed E-state index contributed by atoms with van der Waals surface area (Å²) in [6.45, 7) is 4.19. The number of unbranched alkanes of at least 4 members (excludes halogenated alkanes) is 3. The van der Waals surface area contributed by atoms with Crippen LogP contribution in [0.4, 0.5) is 0 Å². The molecule has 1 aromatic rings. The summed E-state index contributed by atoms with van der Waals surface area (Å²) in [6.07, 6.45) is 7.71. The fourth-order valence-electron chi connectivity index (χ4n) is 2.12. The van der Waals surface area contributed by atoms with Crippen molar-refractivity contribution in [2.24, 2.45) is 0 Å². The second kappa shape index (κ2) is 7.50. The SMILES string of the molecule is CCCCCCC(C)(O)CCc1ccccc1. The first kappa shape index (κ1) is 14.2. The fraction of sp³-hybridized carbons (Fsp3) is 0.625. The van der Waals surface area contributed by atoms with Crippen LogP contribution in [0.1, 0.15) is 57.9 Å². The van der Waals surface area contributed by atoms with Gasteiger partial charge < -0.3 is 5.11 Å². The van der Waals surface area contributed by atoms with Gasteiger partial charge in [-0.3, -0.25) is 0 Å². The van der Waals surface area contributed by atoms with Crippen LogP contribution in [-0.2, 0) is 6.42 Å². The van der Waals surface area contributed by atoms with Crippen molar-refractivity contribution in [1.29, 1.82) is 0 Å². The minimum absolute atomic E-state index is 0.496. The van der Waals surface area contributed by atoms with Crippen LogP contribution in [0.15, 0.2) is 30.3 Å². The van der Waals surface area contributed by atoms with Crippen molar-refractivity contribution in [1.82, 2.24) is 0 Å². The highest BCUT2D eigenvalue weighted by molar-refractivity contribution is 5.14. The molecule has 1 unspecified atom stereocenters. The molecule has 0 aliphatic heterocycles. The molecule has 0 saturated carbocycles. The fourth-order valence-corrected chi connectivity index (χ4v) is 2.12. The van der Waals surface area contributed by atoms with Gasteiger partial charge in [-0.15, -0.1) is 0 Å². The van der Waals surface area contributed by atoms with E-state index in [4.69, 9.17) is 0 Å². The lowest BCUT2D eigenvalue weighted by Gasteiger charge is -2.23. The Morgan fingerprint density at radius 3 is 2.35 bits per heavy atom. The predicted molar refractivity (Wildman–Crippen MR) is 74.1 cm³/mol. The highest BCUT2D eigenvalue weighted by atomic mass is 16.3. The van der Waals surface area contributed by atoms with Gasteiger partial charge in [-0.2, -0.15) is 0 Å². The van der Waals surface area contributed by atoms with E-state index >= 15 is 0 Å². The third-order valence-corrected chi connectivity index (χ3v) is 3.36. The van der Waals surface area contributed by atoms with E-state index in [1.54, 1.807) is 0 Å². The second-order valence-corrected chi connectivity index (χ2v) is 5.29. The lowest BCUT2D eigenvalue weighted by atomic mass is 9.91. The van der Waals surface area contributed by atoms with Crippen LogP contribution in [0.2, 0.25) is 0 Å². The number of hydrogen-bond acceptors (Lipinski definition) is 1. The van der Waals surface area contributed by atoms with Crippen molar-refractivity contribution < 1.29 is 5.11 Å². The van der Waals surface area contributed by atoms with Gasteiger partial charge >= 0.3 is 0 Å². The third-order valence-electron chi connectivity index (χ3n) is 3.36. The van der Waals surface area contributed by atoms with Gasteiger partial charge in [0.2, 0.25) is 0 Å². The summed E-state index contributed by atoms with van der Waals surface area (Å²) in [6, 6.07) is 10.4. The lowest BCUT2D eigenvalue weighted by molar-refractivity contribution is 0.0396. The molecule has 1 atom stereocenters. The molecule has 0 aromatic heterocycles. The van der Waals surface area contributed by atoms with E-state index in [-0.39, 0.29) is 0 Å². The van der Waals surface area contributed by atoms with Gasteiger partial charge in [0.25, 0.3) is 0 Å². The Labute approximate surface area is 106 Å². The van der Waals surface area contributed by atoms with Gasteiger partial charge in [0.05, 0.1) is 5.60 Å². The maximum Gasteiger partial charge on any atom is 0.0623 e. The molecule has 0 spiro atoms. The average molecular weight is 234 g/mol. The summed E-state index contributed by atoms with van der Waals surface area (Å²) in [5.41, 5.74) is 0.824. The molecule has 0 aliphatic rings. The van der Waals surface area contributed by atoms with Gasteiger partial charge in [-0.05, 0) is 31.7 Å². The van der Waals surface area contributed by atoms with Crippen molar-refractivity contribution in [2.75, 3.05) is 0 Å². The molecule has 96 valence electrons. The minimum atomic E-state index is -0.496. The molecule has 0 bridgehead atoms. The first-order valence-electron chi connectivity index (χ1n) is 6.90. The standard InChI is InChI=1S/C16H26O/c1-3-4-5-9-13-16(2,17)14-12-15-10-7-6-8-11-15/h6-8,10-11,17H,3-5,9,12-14H2,1-2H3. The van der Waals surface area contributed by atoms with Crippen LogP contribution in [0, 0.1) is 0 Å². The van der Waals surface area contributed by atoms with Crippen LogP contribution in [-0.4, -0.2) is 10.7 Å². The Morgan fingerprint density at radius 2 is 1.71 bits per heavy atom. The Morgan fingerprint density at radius 1 is 1.00 bits per heavy atom. The summed E-state index contributed by atoms with van der Waals surface area (Å²) in [5.74, 6) is 0. The molecule has 17 heavy (non-hydrogen) atoms. The molecule has 1 aromatic carbocycles. The molecule has 1 rings (SSSR count).